The fourth-order valence-corrected chi connectivity index (χ4v) is 5.19. The van der Waals surface area contributed by atoms with Crippen molar-refractivity contribution in [3.8, 4) is 11.5 Å². The standard InChI is InChI=1S/C26H35N3O3/c1-19(2)29-21-12-13-22(29)17-28(16-20-8-4-5-9-23(20)27-15-14-21)26(30)18-32-25-11-7-6-10-24(25)31-3/h4-11,19,21-22,27H,12-18H2,1-3H3/t21-,22+/m1/s1. The number of hydrogen-bond acceptors (Lipinski definition) is 5. The third kappa shape index (κ3) is 5.01. The fraction of sp³-hybridized carbons (Fsp3) is 0.500. The third-order valence-electron chi connectivity index (χ3n) is 6.65. The summed E-state index contributed by atoms with van der Waals surface area (Å²) in [5.41, 5.74) is 2.26. The van der Waals surface area contributed by atoms with Crippen molar-refractivity contribution in [2.45, 2.75) is 57.8 Å². The van der Waals surface area contributed by atoms with Crippen LogP contribution in [0.5, 0.6) is 11.5 Å². The summed E-state index contributed by atoms with van der Waals surface area (Å²) in [4.78, 5) is 18.0. The Morgan fingerprint density at radius 1 is 1.03 bits per heavy atom. The molecule has 0 aliphatic carbocycles. The Morgan fingerprint density at radius 3 is 2.53 bits per heavy atom. The molecule has 2 aliphatic heterocycles. The minimum Gasteiger partial charge on any atom is -0.493 e. The van der Waals surface area contributed by atoms with Gasteiger partial charge in [0.1, 0.15) is 0 Å². The van der Waals surface area contributed by atoms with Gasteiger partial charge in [0.2, 0.25) is 0 Å². The van der Waals surface area contributed by atoms with Crippen LogP contribution in [0.2, 0.25) is 0 Å². The molecule has 1 saturated heterocycles. The van der Waals surface area contributed by atoms with Gasteiger partial charge in [-0.1, -0.05) is 30.3 Å². The van der Waals surface area contributed by atoms with Crippen molar-refractivity contribution in [3.63, 3.8) is 0 Å². The Labute approximate surface area is 191 Å². The van der Waals surface area contributed by atoms with E-state index in [1.165, 1.54) is 6.42 Å². The van der Waals surface area contributed by atoms with Crippen molar-refractivity contribution in [1.29, 1.82) is 0 Å². The maximum Gasteiger partial charge on any atom is 0.260 e. The zero-order valence-electron chi connectivity index (χ0n) is 19.4. The number of ether oxygens (including phenoxy) is 2. The van der Waals surface area contributed by atoms with Crippen LogP contribution in [0.4, 0.5) is 5.69 Å². The Bertz CT molecular complexity index is 917. The lowest BCUT2D eigenvalue weighted by molar-refractivity contribution is -0.135. The van der Waals surface area contributed by atoms with Crippen molar-refractivity contribution in [1.82, 2.24) is 9.80 Å². The van der Waals surface area contributed by atoms with Crippen LogP contribution in [0, 0.1) is 0 Å². The summed E-state index contributed by atoms with van der Waals surface area (Å²) in [6.45, 7) is 6.77. The summed E-state index contributed by atoms with van der Waals surface area (Å²) in [5.74, 6) is 1.22. The van der Waals surface area contributed by atoms with Gasteiger partial charge in [-0.25, -0.2) is 0 Å². The molecule has 4 rings (SSSR count). The molecule has 2 aromatic carbocycles. The van der Waals surface area contributed by atoms with Gasteiger partial charge in [0.05, 0.1) is 7.11 Å². The minimum atomic E-state index is -0.00615. The predicted molar refractivity (Wildman–Crippen MR) is 127 cm³/mol. The van der Waals surface area contributed by atoms with Crippen molar-refractivity contribution < 1.29 is 14.3 Å². The third-order valence-corrected chi connectivity index (χ3v) is 6.65. The van der Waals surface area contributed by atoms with E-state index in [0.717, 1.165) is 37.2 Å². The van der Waals surface area contributed by atoms with Crippen molar-refractivity contribution in [2.24, 2.45) is 0 Å². The Balaban J connectivity index is 1.56. The van der Waals surface area contributed by atoms with E-state index in [1.807, 2.05) is 35.2 Å². The quantitative estimate of drug-likeness (QED) is 0.761. The maximum absolute atomic E-state index is 13.4. The Kier molecular flexibility index (Phi) is 7.20. The first-order valence-corrected chi connectivity index (χ1v) is 11.7. The molecule has 6 heteroatoms. The largest absolute Gasteiger partial charge is 0.493 e. The monoisotopic (exact) mass is 437 g/mol. The van der Waals surface area contributed by atoms with Crippen LogP contribution >= 0.6 is 0 Å². The van der Waals surface area contributed by atoms with Crippen LogP contribution < -0.4 is 14.8 Å². The highest BCUT2D eigenvalue weighted by Gasteiger charge is 2.37. The first kappa shape index (κ1) is 22.5. The molecular weight excluding hydrogens is 402 g/mol. The Morgan fingerprint density at radius 2 is 1.75 bits per heavy atom. The number of para-hydroxylation sites is 3. The first-order chi connectivity index (χ1) is 15.6. The second-order valence-electron chi connectivity index (χ2n) is 9.01. The van der Waals surface area contributed by atoms with Gasteiger partial charge < -0.3 is 19.7 Å². The Hall–Kier alpha value is -2.73. The first-order valence-electron chi connectivity index (χ1n) is 11.7. The molecule has 2 heterocycles. The number of benzene rings is 2. The summed E-state index contributed by atoms with van der Waals surface area (Å²) in [6, 6.07) is 17.2. The van der Waals surface area contributed by atoms with Gasteiger partial charge in [-0.15, -0.1) is 0 Å². The van der Waals surface area contributed by atoms with Crippen molar-refractivity contribution >= 4 is 11.6 Å². The molecule has 2 aliphatic rings. The number of carbonyl (C=O) groups is 1. The van der Waals surface area contributed by atoms with Crippen molar-refractivity contribution in [3.05, 3.63) is 54.1 Å². The number of anilines is 1. The van der Waals surface area contributed by atoms with Gasteiger partial charge in [-0.05, 0) is 56.9 Å². The zero-order valence-corrected chi connectivity index (χ0v) is 19.4. The lowest BCUT2D eigenvalue weighted by Gasteiger charge is -2.36. The molecule has 0 radical (unpaired) electrons. The van der Waals surface area contributed by atoms with Gasteiger partial charge in [-0.2, -0.15) is 0 Å². The molecule has 0 spiro atoms. The van der Waals surface area contributed by atoms with Crippen molar-refractivity contribution in [2.75, 3.05) is 32.1 Å². The molecule has 172 valence electrons. The number of nitrogens with zero attached hydrogens (tertiary/aromatic N) is 2. The number of rotatable bonds is 5. The van der Waals surface area contributed by atoms with E-state index >= 15 is 0 Å². The normalized spacial score (nSPS) is 21.4. The fourth-order valence-electron chi connectivity index (χ4n) is 5.19. The molecule has 0 saturated carbocycles. The van der Waals surface area contributed by atoms with Crippen LogP contribution in [0.1, 0.15) is 38.7 Å². The SMILES string of the molecule is COc1ccccc1OCC(=O)N1Cc2ccccc2NCC[C@H]2CC[C@@H](C1)N2C(C)C. The van der Waals surface area contributed by atoms with E-state index in [9.17, 15) is 4.79 Å². The van der Waals surface area contributed by atoms with E-state index in [0.29, 0.717) is 36.2 Å². The predicted octanol–water partition coefficient (Wildman–Crippen LogP) is 4.16. The average molecular weight is 438 g/mol. The molecule has 0 unspecified atom stereocenters. The number of hydrogen-bond donors (Lipinski definition) is 1. The summed E-state index contributed by atoms with van der Waals surface area (Å²) in [5, 5.41) is 3.62. The highest BCUT2D eigenvalue weighted by molar-refractivity contribution is 5.78. The van der Waals surface area contributed by atoms with Crippen LogP contribution in [0.3, 0.4) is 0 Å². The molecule has 2 bridgehead atoms. The summed E-state index contributed by atoms with van der Waals surface area (Å²) >= 11 is 0. The topological polar surface area (TPSA) is 54.0 Å². The lowest BCUT2D eigenvalue weighted by Crippen LogP contribution is -2.48. The minimum absolute atomic E-state index is 0.00267. The molecule has 1 fully saturated rings. The van der Waals surface area contributed by atoms with E-state index < -0.39 is 0 Å². The molecular formula is C26H35N3O3. The smallest absolute Gasteiger partial charge is 0.260 e. The van der Waals surface area contributed by atoms with E-state index in [1.54, 1.807) is 7.11 Å². The van der Waals surface area contributed by atoms with Crippen LogP contribution in [0.25, 0.3) is 0 Å². The van der Waals surface area contributed by atoms with E-state index in [2.05, 4.69) is 42.3 Å². The van der Waals surface area contributed by atoms with Gasteiger partial charge in [0.25, 0.3) is 5.91 Å². The second-order valence-corrected chi connectivity index (χ2v) is 9.01. The molecule has 2 atom stereocenters. The summed E-state index contributed by atoms with van der Waals surface area (Å²) in [6.07, 6.45) is 3.43. The summed E-state index contributed by atoms with van der Waals surface area (Å²) < 4.78 is 11.3. The average Bonchev–Trinajstić information content (AvgIpc) is 3.19. The zero-order chi connectivity index (χ0) is 22.5. The number of amides is 1. The second kappa shape index (κ2) is 10.3. The highest BCUT2D eigenvalue weighted by Crippen LogP contribution is 2.31. The number of methoxy groups -OCH3 is 1. The number of nitrogens with one attached hydrogen (secondary N) is 1. The van der Waals surface area contributed by atoms with E-state index in [-0.39, 0.29) is 12.5 Å². The van der Waals surface area contributed by atoms with Crippen LogP contribution in [-0.2, 0) is 11.3 Å². The molecule has 2 aromatic rings. The summed E-state index contributed by atoms with van der Waals surface area (Å²) in [7, 11) is 1.61. The molecule has 0 aromatic heterocycles. The number of carbonyl (C=O) groups excluding carboxylic acids is 1. The van der Waals surface area contributed by atoms with Gasteiger partial charge in [0, 0.05) is 43.4 Å². The van der Waals surface area contributed by atoms with Gasteiger partial charge in [-0.3, -0.25) is 9.69 Å². The van der Waals surface area contributed by atoms with Gasteiger partial charge >= 0.3 is 0 Å². The highest BCUT2D eigenvalue weighted by atomic mass is 16.5. The van der Waals surface area contributed by atoms with Crippen LogP contribution in [0.15, 0.2) is 48.5 Å². The van der Waals surface area contributed by atoms with Crippen LogP contribution in [-0.4, -0.2) is 60.6 Å². The molecule has 1 amide bonds. The molecule has 6 nitrogen and oxygen atoms in total. The van der Waals surface area contributed by atoms with E-state index in [4.69, 9.17) is 9.47 Å². The van der Waals surface area contributed by atoms with Gasteiger partial charge in [0.15, 0.2) is 18.1 Å². The molecule has 1 N–H and O–H groups in total. The lowest BCUT2D eigenvalue weighted by atomic mass is 10.1. The maximum atomic E-state index is 13.4. The molecule has 32 heavy (non-hydrogen) atoms. The number of fused-ring (bicyclic) bond motifs is 3.